The van der Waals surface area contributed by atoms with Crippen LogP contribution in [-0.2, 0) is 9.59 Å². The quantitative estimate of drug-likeness (QED) is 0.856. The molecule has 2 amide bonds. The van der Waals surface area contributed by atoms with Gasteiger partial charge in [-0.3, -0.25) is 9.59 Å². The van der Waals surface area contributed by atoms with Crippen molar-refractivity contribution in [2.45, 2.75) is 26.3 Å². The maximum atomic E-state index is 12.4. The lowest BCUT2D eigenvalue weighted by Crippen LogP contribution is -2.29. The summed E-state index contributed by atoms with van der Waals surface area (Å²) in [6.07, 6.45) is 0.153. The van der Waals surface area contributed by atoms with Crippen LogP contribution in [0.5, 0.6) is 5.75 Å². The molecule has 0 saturated carbocycles. The van der Waals surface area contributed by atoms with Gasteiger partial charge < -0.3 is 15.4 Å². The monoisotopic (exact) mass is 326 g/mol. The van der Waals surface area contributed by atoms with Crippen LogP contribution in [0.2, 0.25) is 0 Å². The fourth-order valence-corrected chi connectivity index (χ4v) is 2.43. The van der Waals surface area contributed by atoms with Crippen LogP contribution in [0, 0.1) is 6.92 Å². The van der Waals surface area contributed by atoms with Crippen molar-refractivity contribution in [1.82, 2.24) is 5.32 Å². The number of carbonyl (C=O) groups excluding carboxylic acids is 2. The Bertz CT molecular complexity index is 711. The zero-order chi connectivity index (χ0) is 17.5. The second-order valence-corrected chi connectivity index (χ2v) is 5.59. The summed E-state index contributed by atoms with van der Waals surface area (Å²) in [5.41, 5.74) is 2.62. The number of rotatable bonds is 6. The van der Waals surface area contributed by atoms with Crippen LogP contribution in [0.4, 0.5) is 5.69 Å². The molecule has 0 saturated heterocycles. The highest BCUT2D eigenvalue weighted by Gasteiger charge is 2.17. The van der Waals surface area contributed by atoms with Crippen molar-refractivity contribution < 1.29 is 14.3 Å². The normalized spacial score (nSPS) is 11.5. The van der Waals surface area contributed by atoms with Crippen molar-refractivity contribution in [2.75, 3.05) is 12.4 Å². The van der Waals surface area contributed by atoms with E-state index in [0.717, 1.165) is 22.6 Å². The molecule has 2 N–H and O–H groups in total. The zero-order valence-electron chi connectivity index (χ0n) is 14.1. The third-order valence-electron chi connectivity index (χ3n) is 3.70. The summed E-state index contributed by atoms with van der Waals surface area (Å²) in [6.45, 7) is 3.38. The molecule has 0 unspecified atom stereocenters. The molecule has 126 valence electrons. The predicted molar refractivity (Wildman–Crippen MR) is 94.0 cm³/mol. The summed E-state index contributed by atoms with van der Waals surface area (Å²) >= 11 is 0. The first-order valence-electron chi connectivity index (χ1n) is 7.76. The second kappa shape index (κ2) is 8.15. The first-order chi connectivity index (χ1) is 11.5. The molecule has 0 aliphatic heterocycles. The number of anilines is 1. The van der Waals surface area contributed by atoms with Crippen LogP contribution >= 0.6 is 0 Å². The lowest BCUT2D eigenvalue weighted by Gasteiger charge is -2.19. The van der Waals surface area contributed by atoms with Gasteiger partial charge in [0.15, 0.2) is 0 Å². The molecule has 0 radical (unpaired) electrons. The van der Waals surface area contributed by atoms with E-state index in [4.69, 9.17) is 4.74 Å². The SMILES string of the molecule is COc1ccc([C@H](CC(=O)Nc2ccccc2C)NC(C)=O)cc1. The molecule has 0 spiro atoms. The van der Waals surface area contributed by atoms with Crippen molar-refractivity contribution in [1.29, 1.82) is 0 Å². The largest absolute Gasteiger partial charge is 0.497 e. The molecule has 2 rings (SSSR count). The Kier molecular flexibility index (Phi) is 5.95. The van der Waals surface area contributed by atoms with Crippen molar-refractivity contribution in [3.8, 4) is 5.75 Å². The van der Waals surface area contributed by atoms with E-state index in [1.807, 2.05) is 55.5 Å². The van der Waals surface area contributed by atoms with Gasteiger partial charge in [-0.25, -0.2) is 0 Å². The van der Waals surface area contributed by atoms with Crippen molar-refractivity contribution >= 4 is 17.5 Å². The highest BCUT2D eigenvalue weighted by molar-refractivity contribution is 5.92. The number of methoxy groups -OCH3 is 1. The minimum Gasteiger partial charge on any atom is -0.497 e. The number of amides is 2. The third kappa shape index (κ3) is 4.84. The zero-order valence-corrected chi connectivity index (χ0v) is 14.1. The van der Waals surface area contributed by atoms with E-state index in [1.54, 1.807) is 7.11 Å². The Hall–Kier alpha value is -2.82. The number of aryl methyl sites for hydroxylation is 1. The highest BCUT2D eigenvalue weighted by Crippen LogP contribution is 2.22. The molecule has 0 aliphatic rings. The van der Waals surface area contributed by atoms with E-state index in [9.17, 15) is 9.59 Å². The Morgan fingerprint density at radius 2 is 1.75 bits per heavy atom. The summed E-state index contributed by atoms with van der Waals surface area (Å²) < 4.78 is 5.14. The van der Waals surface area contributed by atoms with Crippen molar-refractivity contribution in [3.05, 3.63) is 59.7 Å². The number of ether oxygens (including phenoxy) is 1. The molecule has 0 heterocycles. The van der Waals surface area contributed by atoms with Crippen LogP contribution in [0.15, 0.2) is 48.5 Å². The molecule has 0 aromatic heterocycles. The van der Waals surface area contributed by atoms with Crippen LogP contribution in [0.25, 0.3) is 0 Å². The smallest absolute Gasteiger partial charge is 0.226 e. The Morgan fingerprint density at radius 1 is 1.08 bits per heavy atom. The first kappa shape index (κ1) is 17.5. The van der Waals surface area contributed by atoms with E-state index < -0.39 is 6.04 Å². The third-order valence-corrected chi connectivity index (χ3v) is 3.70. The topological polar surface area (TPSA) is 67.4 Å². The fraction of sp³-hybridized carbons (Fsp3) is 0.263. The molecular formula is C19H22N2O3. The van der Waals surface area contributed by atoms with Gasteiger partial charge in [-0.15, -0.1) is 0 Å². The minimum absolute atomic E-state index is 0.153. The van der Waals surface area contributed by atoms with Gasteiger partial charge in [0.05, 0.1) is 19.6 Å². The van der Waals surface area contributed by atoms with Crippen molar-refractivity contribution in [3.63, 3.8) is 0 Å². The Labute approximate surface area is 142 Å². The fourth-order valence-electron chi connectivity index (χ4n) is 2.43. The molecule has 2 aromatic rings. The van der Waals surface area contributed by atoms with Gasteiger partial charge in [-0.2, -0.15) is 0 Å². The molecule has 5 heteroatoms. The van der Waals surface area contributed by atoms with Crippen LogP contribution < -0.4 is 15.4 Å². The molecule has 24 heavy (non-hydrogen) atoms. The number of nitrogens with one attached hydrogen (secondary N) is 2. The van der Waals surface area contributed by atoms with Crippen LogP contribution in [0.1, 0.15) is 30.5 Å². The number of hydrogen-bond donors (Lipinski definition) is 2. The van der Waals surface area contributed by atoms with Gasteiger partial charge >= 0.3 is 0 Å². The molecule has 1 atom stereocenters. The maximum Gasteiger partial charge on any atom is 0.226 e. The molecule has 0 bridgehead atoms. The van der Waals surface area contributed by atoms with Gasteiger partial charge in [0.2, 0.25) is 11.8 Å². The minimum atomic E-state index is -0.391. The van der Waals surface area contributed by atoms with E-state index in [2.05, 4.69) is 10.6 Å². The van der Waals surface area contributed by atoms with E-state index in [-0.39, 0.29) is 18.2 Å². The van der Waals surface area contributed by atoms with Gasteiger partial charge in [-0.1, -0.05) is 30.3 Å². The van der Waals surface area contributed by atoms with Crippen molar-refractivity contribution in [2.24, 2.45) is 0 Å². The van der Waals surface area contributed by atoms with Gasteiger partial charge in [-0.05, 0) is 36.2 Å². The number of carbonyl (C=O) groups is 2. The predicted octanol–water partition coefficient (Wildman–Crippen LogP) is 3.21. The Morgan fingerprint density at radius 3 is 2.33 bits per heavy atom. The first-order valence-corrected chi connectivity index (χ1v) is 7.76. The Balaban J connectivity index is 2.11. The number of hydrogen-bond acceptors (Lipinski definition) is 3. The average Bonchev–Trinajstić information content (AvgIpc) is 2.56. The molecular weight excluding hydrogens is 304 g/mol. The van der Waals surface area contributed by atoms with Crippen LogP contribution in [0.3, 0.4) is 0 Å². The van der Waals surface area contributed by atoms with Gasteiger partial charge in [0, 0.05) is 12.6 Å². The molecule has 0 fully saturated rings. The lowest BCUT2D eigenvalue weighted by molar-refractivity contribution is -0.120. The van der Waals surface area contributed by atoms with E-state index in [1.165, 1.54) is 6.92 Å². The second-order valence-electron chi connectivity index (χ2n) is 5.59. The lowest BCUT2D eigenvalue weighted by atomic mass is 10.0. The summed E-state index contributed by atoms with van der Waals surface area (Å²) in [7, 11) is 1.59. The maximum absolute atomic E-state index is 12.4. The number of benzene rings is 2. The summed E-state index contributed by atoms with van der Waals surface area (Å²) in [5, 5.41) is 5.72. The standard InChI is InChI=1S/C19H22N2O3/c1-13-6-4-5-7-17(13)21-19(23)12-18(20-14(2)22)15-8-10-16(24-3)11-9-15/h4-11,18H,12H2,1-3H3,(H,20,22)(H,21,23)/t18-/m0/s1. The molecule has 2 aromatic carbocycles. The molecule has 0 aliphatic carbocycles. The summed E-state index contributed by atoms with van der Waals surface area (Å²) in [4.78, 5) is 23.8. The van der Waals surface area contributed by atoms with Gasteiger partial charge in [0.25, 0.3) is 0 Å². The number of para-hydroxylation sites is 1. The average molecular weight is 326 g/mol. The molecule has 5 nitrogen and oxygen atoms in total. The highest BCUT2D eigenvalue weighted by atomic mass is 16.5. The summed E-state index contributed by atoms with van der Waals surface area (Å²) in [5.74, 6) is 0.392. The van der Waals surface area contributed by atoms with E-state index in [0.29, 0.717) is 0 Å². The van der Waals surface area contributed by atoms with Crippen LogP contribution in [-0.4, -0.2) is 18.9 Å². The summed E-state index contributed by atoms with van der Waals surface area (Å²) in [6, 6.07) is 14.5. The van der Waals surface area contributed by atoms with E-state index >= 15 is 0 Å². The van der Waals surface area contributed by atoms with Gasteiger partial charge in [0.1, 0.15) is 5.75 Å².